The molecule has 1 fully saturated rings. The summed E-state index contributed by atoms with van der Waals surface area (Å²) in [5.41, 5.74) is 2.04. The first-order chi connectivity index (χ1) is 13.8. The second kappa shape index (κ2) is 9.22. The van der Waals surface area contributed by atoms with Gasteiger partial charge in [-0.25, -0.2) is 4.98 Å². The molecule has 148 valence electrons. The molecule has 0 bridgehead atoms. The molecule has 1 saturated heterocycles. The summed E-state index contributed by atoms with van der Waals surface area (Å²) in [5, 5.41) is 0.838. The minimum atomic E-state index is 0.0907. The smallest absolute Gasteiger partial charge is 0.272 e. The molecule has 0 saturated carbocycles. The molecule has 5 nitrogen and oxygen atoms in total. The monoisotopic (exact) mass is 415 g/mol. The van der Waals surface area contributed by atoms with E-state index < -0.39 is 0 Å². The Morgan fingerprint density at radius 1 is 1.18 bits per heavy atom. The predicted molar refractivity (Wildman–Crippen MR) is 118 cm³/mol. The second-order valence-corrected chi connectivity index (χ2v) is 8.96. The van der Waals surface area contributed by atoms with Crippen molar-refractivity contribution in [1.29, 1.82) is 0 Å². The summed E-state index contributed by atoms with van der Waals surface area (Å²) >= 11 is 3.23. The molecule has 3 aromatic rings. The van der Waals surface area contributed by atoms with Gasteiger partial charge in [-0.2, -0.15) is 0 Å². The SMILES string of the molecule is CCCn1c(SCCN2CCOCC2)nc2cc(-c3ccccc3)sc2c1=O. The minimum absolute atomic E-state index is 0.0907. The van der Waals surface area contributed by atoms with E-state index in [0.717, 1.165) is 70.8 Å². The summed E-state index contributed by atoms with van der Waals surface area (Å²) in [5.74, 6) is 0.928. The number of morpholine rings is 1. The number of ether oxygens (including phenoxy) is 1. The molecule has 0 atom stereocenters. The quantitative estimate of drug-likeness (QED) is 0.432. The van der Waals surface area contributed by atoms with Crippen LogP contribution >= 0.6 is 23.1 Å². The van der Waals surface area contributed by atoms with Crippen molar-refractivity contribution >= 4 is 33.3 Å². The zero-order valence-corrected chi connectivity index (χ0v) is 17.7. The van der Waals surface area contributed by atoms with Gasteiger partial charge in [0.05, 0.1) is 18.7 Å². The highest BCUT2D eigenvalue weighted by atomic mass is 32.2. The van der Waals surface area contributed by atoms with Crippen molar-refractivity contribution in [1.82, 2.24) is 14.5 Å². The third kappa shape index (κ3) is 4.33. The van der Waals surface area contributed by atoms with Crippen LogP contribution in [0.25, 0.3) is 20.7 Å². The molecule has 3 heterocycles. The molecule has 1 aliphatic rings. The first kappa shape index (κ1) is 19.6. The lowest BCUT2D eigenvalue weighted by atomic mass is 10.2. The summed E-state index contributed by atoms with van der Waals surface area (Å²) in [6, 6.07) is 12.3. The van der Waals surface area contributed by atoms with E-state index in [4.69, 9.17) is 9.72 Å². The summed E-state index contributed by atoms with van der Waals surface area (Å²) in [7, 11) is 0. The Morgan fingerprint density at radius 3 is 2.71 bits per heavy atom. The van der Waals surface area contributed by atoms with E-state index in [1.807, 2.05) is 22.8 Å². The fourth-order valence-corrected chi connectivity index (χ4v) is 5.43. The van der Waals surface area contributed by atoms with Crippen LogP contribution in [0.15, 0.2) is 46.3 Å². The van der Waals surface area contributed by atoms with Crippen LogP contribution in [0.2, 0.25) is 0 Å². The lowest BCUT2D eigenvalue weighted by Gasteiger charge is -2.26. The largest absolute Gasteiger partial charge is 0.379 e. The maximum absolute atomic E-state index is 13.1. The van der Waals surface area contributed by atoms with Crippen LogP contribution in [-0.4, -0.2) is 53.1 Å². The highest BCUT2D eigenvalue weighted by molar-refractivity contribution is 7.99. The van der Waals surface area contributed by atoms with Crippen LogP contribution in [0.1, 0.15) is 13.3 Å². The molecule has 4 rings (SSSR count). The Labute approximate surface area is 173 Å². The van der Waals surface area contributed by atoms with E-state index in [1.54, 1.807) is 23.1 Å². The molecule has 0 aliphatic carbocycles. The van der Waals surface area contributed by atoms with Crippen molar-refractivity contribution in [3.63, 3.8) is 0 Å². The van der Waals surface area contributed by atoms with Gasteiger partial charge in [0.15, 0.2) is 5.16 Å². The van der Waals surface area contributed by atoms with Crippen molar-refractivity contribution < 1.29 is 4.74 Å². The van der Waals surface area contributed by atoms with Gasteiger partial charge < -0.3 is 4.74 Å². The first-order valence-electron chi connectivity index (χ1n) is 9.79. The molecule has 2 aromatic heterocycles. The van der Waals surface area contributed by atoms with Crippen molar-refractivity contribution in [2.24, 2.45) is 0 Å². The Morgan fingerprint density at radius 2 is 1.96 bits per heavy atom. The van der Waals surface area contributed by atoms with Crippen LogP contribution in [0.5, 0.6) is 0 Å². The number of rotatable bonds is 7. The average Bonchev–Trinajstić information content (AvgIpc) is 3.17. The van der Waals surface area contributed by atoms with Crippen LogP contribution in [-0.2, 0) is 11.3 Å². The van der Waals surface area contributed by atoms with Crippen molar-refractivity contribution in [2.75, 3.05) is 38.6 Å². The zero-order valence-electron chi connectivity index (χ0n) is 16.1. The van der Waals surface area contributed by atoms with Crippen LogP contribution in [0.4, 0.5) is 0 Å². The van der Waals surface area contributed by atoms with Gasteiger partial charge in [0.2, 0.25) is 0 Å². The Kier molecular flexibility index (Phi) is 6.47. The van der Waals surface area contributed by atoms with Crippen molar-refractivity contribution in [2.45, 2.75) is 25.0 Å². The second-order valence-electron chi connectivity index (χ2n) is 6.84. The Balaban J connectivity index is 1.61. The van der Waals surface area contributed by atoms with E-state index in [-0.39, 0.29) is 5.56 Å². The fourth-order valence-electron chi connectivity index (χ4n) is 3.36. The predicted octanol–water partition coefficient (Wildman–Crippen LogP) is 3.96. The van der Waals surface area contributed by atoms with Gasteiger partial charge in [0, 0.05) is 36.8 Å². The summed E-state index contributed by atoms with van der Waals surface area (Å²) in [4.78, 5) is 21.5. The number of thiophene rings is 1. The highest BCUT2D eigenvalue weighted by Crippen LogP contribution is 2.32. The van der Waals surface area contributed by atoms with Crippen LogP contribution in [0, 0.1) is 0 Å². The normalized spacial score (nSPS) is 15.3. The van der Waals surface area contributed by atoms with E-state index >= 15 is 0 Å². The number of nitrogens with zero attached hydrogens (tertiary/aromatic N) is 3. The fraction of sp³-hybridized carbons (Fsp3) is 0.429. The number of hydrogen-bond acceptors (Lipinski definition) is 6. The number of benzene rings is 1. The Bertz CT molecular complexity index is 978. The maximum atomic E-state index is 13.1. The molecular weight excluding hydrogens is 390 g/mol. The third-order valence-electron chi connectivity index (χ3n) is 4.85. The van der Waals surface area contributed by atoms with Crippen molar-refractivity contribution in [3.05, 3.63) is 46.8 Å². The number of aromatic nitrogens is 2. The average molecular weight is 416 g/mol. The number of hydrogen-bond donors (Lipinski definition) is 0. The van der Waals surface area contributed by atoms with E-state index in [9.17, 15) is 4.79 Å². The first-order valence-corrected chi connectivity index (χ1v) is 11.6. The summed E-state index contributed by atoms with van der Waals surface area (Å²) in [6.07, 6.45) is 0.918. The van der Waals surface area contributed by atoms with Gasteiger partial charge in [-0.1, -0.05) is 49.0 Å². The summed E-state index contributed by atoms with van der Waals surface area (Å²) in [6.45, 7) is 7.40. The molecule has 0 N–H and O–H groups in total. The van der Waals surface area contributed by atoms with Crippen molar-refractivity contribution in [3.8, 4) is 10.4 Å². The van der Waals surface area contributed by atoms with Crippen LogP contribution in [0.3, 0.4) is 0 Å². The number of fused-ring (bicyclic) bond motifs is 1. The maximum Gasteiger partial charge on any atom is 0.272 e. The molecule has 0 radical (unpaired) electrons. The summed E-state index contributed by atoms with van der Waals surface area (Å²) < 4.78 is 8.03. The van der Waals surface area contributed by atoms with Gasteiger partial charge >= 0.3 is 0 Å². The zero-order chi connectivity index (χ0) is 19.3. The molecule has 0 spiro atoms. The topological polar surface area (TPSA) is 47.4 Å². The third-order valence-corrected chi connectivity index (χ3v) is 6.96. The van der Waals surface area contributed by atoms with Gasteiger partial charge in [0.25, 0.3) is 5.56 Å². The molecule has 1 aromatic carbocycles. The lowest BCUT2D eigenvalue weighted by molar-refractivity contribution is 0.0410. The van der Waals surface area contributed by atoms with E-state index in [0.29, 0.717) is 6.54 Å². The van der Waals surface area contributed by atoms with E-state index in [1.165, 1.54) is 0 Å². The van der Waals surface area contributed by atoms with Gasteiger partial charge in [0.1, 0.15) is 4.70 Å². The van der Waals surface area contributed by atoms with Gasteiger partial charge in [-0.15, -0.1) is 11.3 Å². The molecular formula is C21H25N3O2S2. The molecule has 0 amide bonds. The molecule has 7 heteroatoms. The molecule has 1 aliphatic heterocycles. The molecule has 28 heavy (non-hydrogen) atoms. The van der Waals surface area contributed by atoms with E-state index in [2.05, 4.69) is 30.0 Å². The number of thioether (sulfide) groups is 1. The lowest BCUT2D eigenvalue weighted by Crippen LogP contribution is -2.37. The minimum Gasteiger partial charge on any atom is -0.379 e. The van der Waals surface area contributed by atoms with Gasteiger partial charge in [-0.05, 0) is 18.1 Å². The molecule has 0 unspecified atom stereocenters. The standard InChI is InChI=1S/C21H25N3O2S2/c1-2-8-24-20(25)19-17(15-18(28-19)16-6-4-3-5-7-16)22-21(24)27-14-11-23-9-12-26-13-10-23/h3-7,15H,2,8-14H2,1H3. The highest BCUT2D eigenvalue weighted by Gasteiger charge is 2.16. The van der Waals surface area contributed by atoms with Crippen LogP contribution < -0.4 is 5.56 Å². The Hall–Kier alpha value is -1.67. The van der Waals surface area contributed by atoms with Gasteiger partial charge in [-0.3, -0.25) is 14.3 Å².